The van der Waals surface area contributed by atoms with Gasteiger partial charge in [-0.15, -0.1) is 0 Å². The van der Waals surface area contributed by atoms with Crippen LogP contribution >= 0.6 is 0 Å². The molecular weight excluding hydrogens is 451 g/mol. The minimum absolute atomic E-state index is 0. The maximum atomic E-state index is 11.5. The zero-order valence-electron chi connectivity index (χ0n) is 23.5. The molecule has 0 aliphatic heterocycles. The molecule has 0 aromatic heterocycles. The molecule has 0 radical (unpaired) electrons. The summed E-state index contributed by atoms with van der Waals surface area (Å²) in [7, 11) is 1.42. The van der Waals surface area contributed by atoms with Gasteiger partial charge in [-0.25, -0.2) is 4.79 Å². The standard InChI is InChI=1S/C12H20O4.C7H14O2.C6H12O2.Na/c1-6-12(4,5)11(14)16-8-7-15-10(13)9(2)3;1-5-7(2,3)6(8)9-4;1-4-6(2,3)5(7)8;/h2,6-8H2,1,3-5H3;5H2,1-4H3;4H2,1-3H3,(H,7,8);/q;;;+1/p-1. The summed E-state index contributed by atoms with van der Waals surface area (Å²) >= 11 is 0. The van der Waals surface area contributed by atoms with Gasteiger partial charge in [0.15, 0.2) is 0 Å². The van der Waals surface area contributed by atoms with Crippen molar-refractivity contribution in [1.29, 1.82) is 0 Å². The van der Waals surface area contributed by atoms with E-state index in [1.165, 1.54) is 7.11 Å². The zero-order valence-corrected chi connectivity index (χ0v) is 25.5. The van der Waals surface area contributed by atoms with Gasteiger partial charge < -0.3 is 24.1 Å². The molecule has 0 saturated heterocycles. The van der Waals surface area contributed by atoms with E-state index in [-0.39, 0.29) is 60.1 Å². The molecule has 0 saturated carbocycles. The molecule has 8 nitrogen and oxygen atoms in total. The maximum absolute atomic E-state index is 11.5. The largest absolute Gasteiger partial charge is 1.00 e. The third kappa shape index (κ3) is 18.0. The van der Waals surface area contributed by atoms with Crippen molar-refractivity contribution in [2.24, 2.45) is 16.2 Å². The third-order valence-electron chi connectivity index (χ3n) is 5.39. The van der Waals surface area contributed by atoms with E-state index in [9.17, 15) is 24.3 Å². The Bertz CT molecular complexity index is 651. The van der Waals surface area contributed by atoms with E-state index < -0.39 is 22.8 Å². The number of carbonyl (C=O) groups excluding carboxylic acids is 4. The van der Waals surface area contributed by atoms with Crippen LogP contribution in [0.5, 0.6) is 0 Å². The maximum Gasteiger partial charge on any atom is 1.00 e. The molecule has 0 aromatic rings. The Morgan fingerprint density at radius 3 is 1.32 bits per heavy atom. The van der Waals surface area contributed by atoms with Crippen LogP contribution < -0.4 is 34.7 Å². The van der Waals surface area contributed by atoms with E-state index in [2.05, 4.69) is 11.3 Å². The first-order chi connectivity index (χ1) is 14.9. The first-order valence-corrected chi connectivity index (χ1v) is 11.2. The minimum Gasteiger partial charge on any atom is -0.550 e. The van der Waals surface area contributed by atoms with Crippen LogP contribution in [0.15, 0.2) is 12.2 Å². The molecular formula is C25H45NaO8. The van der Waals surface area contributed by atoms with Crippen LogP contribution in [0.1, 0.15) is 88.5 Å². The second-order valence-corrected chi connectivity index (χ2v) is 9.54. The predicted octanol–water partition coefficient (Wildman–Crippen LogP) is 0.857. The van der Waals surface area contributed by atoms with E-state index in [4.69, 9.17) is 9.47 Å². The Kier molecular flexibility index (Phi) is 22.1. The summed E-state index contributed by atoms with van der Waals surface area (Å²) in [5.74, 6) is -1.85. The molecule has 0 amide bonds. The second-order valence-electron chi connectivity index (χ2n) is 9.54. The van der Waals surface area contributed by atoms with Gasteiger partial charge in [0.2, 0.25) is 0 Å². The van der Waals surface area contributed by atoms with Gasteiger partial charge in [0.25, 0.3) is 0 Å². The summed E-state index contributed by atoms with van der Waals surface area (Å²) in [6.45, 7) is 21.6. The van der Waals surface area contributed by atoms with Crippen molar-refractivity contribution >= 4 is 23.9 Å². The summed E-state index contributed by atoms with van der Waals surface area (Å²) < 4.78 is 14.3. The molecule has 0 aromatic carbocycles. The van der Waals surface area contributed by atoms with Gasteiger partial charge in [0.05, 0.1) is 17.9 Å². The van der Waals surface area contributed by atoms with E-state index >= 15 is 0 Å². The minimum atomic E-state index is -0.972. The number of aliphatic carboxylic acids is 1. The average molecular weight is 497 g/mol. The number of ether oxygens (including phenoxy) is 3. The molecule has 9 heteroatoms. The monoisotopic (exact) mass is 496 g/mol. The molecule has 194 valence electrons. The third-order valence-corrected chi connectivity index (χ3v) is 5.39. The molecule has 0 aliphatic carbocycles. The Hall–Kier alpha value is -1.38. The van der Waals surface area contributed by atoms with Crippen LogP contribution in [0.25, 0.3) is 0 Å². The van der Waals surface area contributed by atoms with Crippen molar-refractivity contribution in [2.45, 2.75) is 88.5 Å². The van der Waals surface area contributed by atoms with Crippen molar-refractivity contribution in [3.63, 3.8) is 0 Å². The number of carbonyl (C=O) groups is 4. The number of hydrogen-bond acceptors (Lipinski definition) is 8. The SMILES string of the molecule is C=C(C)C(=O)OCCOC(=O)C(C)(C)CC.CCC(C)(C)C(=O)OC.CCC(C)(C)C(=O)[O-].[Na+]. The van der Waals surface area contributed by atoms with Gasteiger partial charge in [-0.2, -0.15) is 0 Å². The molecule has 0 rings (SSSR count). The number of carboxylic acid groups (broad SMARTS) is 1. The Labute approximate surface area is 228 Å². The summed E-state index contributed by atoms with van der Waals surface area (Å²) in [6, 6.07) is 0. The Morgan fingerprint density at radius 1 is 0.735 bits per heavy atom. The van der Waals surface area contributed by atoms with Crippen LogP contribution in [-0.4, -0.2) is 44.2 Å². The first kappa shape index (κ1) is 39.8. The fourth-order valence-electron chi connectivity index (χ4n) is 1.30. The van der Waals surface area contributed by atoms with Crippen molar-refractivity contribution in [2.75, 3.05) is 20.3 Å². The number of esters is 3. The van der Waals surface area contributed by atoms with Gasteiger partial charge in [-0.1, -0.05) is 41.2 Å². The van der Waals surface area contributed by atoms with Crippen molar-refractivity contribution in [3.8, 4) is 0 Å². The van der Waals surface area contributed by atoms with E-state index in [0.29, 0.717) is 18.4 Å². The topological polar surface area (TPSA) is 119 Å². The number of carboxylic acids is 1. The van der Waals surface area contributed by atoms with E-state index in [1.807, 2.05) is 48.5 Å². The smallest absolute Gasteiger partial charge is 0.550 e. The van der Waals surface area contributed by atoms with Crippen molar-refractivity contribution < 1.29 is 68.1 Å². The Morgan fingerprint density at radius 2 is 1.09 bits per heavy atom. The molecule has 0 aliphatic rings. The van der Waals surface area contributed by atoms with E-state index in [1.54, 1.807) is 20.8 Å². The average Bonchev–Trinajstić information content (AvgIpc) is 2.76. The summed E-state index contributed by atoms with van der Waals surface area (Å²) in [6.07, 6.45) is 2.15. The quantitative estimate of drug-likeness (QED) is 0.144. The molecule has 0 N–H and O–H groups in total. The summed E-state index contributed by atoms with van der Waals surface area (Å²) in [4.78, 5) is 43.5. The molecule has 0 unspecified atom stereocenters. The fraction of sp³-hybridized carbons (Fsp3) is 0.760. The number of rotatable bonds is 10. The summed E-state index contributed by atoms with van der Waals surface area (Å²) in [5, 5.41) is 10.1. The first-order valence-electron chi connectivity index (χ1n) is 11.2. The van der Waals surface area contributed by atoms with Crippen LogP contribution in [-0.2, 0) is 33.4 Å². The van der Waals surface area contributed by atoms with E-state index in [0.717, 1.165) is 6.42 Å². The van der Waals surface area contributed by atoms with Crippen molar-refractivity contribution in [1.82, 2.24) is 0 Å². The molecule has 0 fully saturated rings. The molecule has 0 atom stereocenters. The van der Waals surface area contributed by atoms with Gasteiger partial charge in [0.1, 0.15) is 13.2 Å². The van der Waals surface area contributed by atoms with Crippen LogP contribution in [0.3, 0.4) is 0 Å². The van der Waals surface area contributed by atoms with Crippen LogP contribution in [0.2, 0.25) is 0 Å². The Balaban J connectivity index is -0.000000213. The zero-order chi connectivity index (χ0) is 27.0. The molecule has 0 bridgehead atoms. The molecule has 34 heavy (non-hydrogen) atoms. The van der Waals surface area contributed by atoms with Gasteiger partial charge in [-0.3, -0.25) is 9.59 Å². The van der Waals surface area contributed by atoms with Gasteiger partial charge in [-0.05, 0) is 53.9 Å². The van der Waals surface area contributed by atoms with Gasteiger partial charge in [0, 0.05) is 17.0 Å². The second kappa shape index (κ2) is 18.9. The van der Waals surface area contributed by atoms with Crippen LogP contribution in [0.4, 0.5) is 0 Å². The van der Waals surface area contributed by atoms with Crippen molar-refractivity contribution in [3.05, 3.63) is 12.2 Å². The summed E-state index contributed by atoms with van der Waals surface area (Å²) in [5.41, 5.74) is -1.12. The molecule has 0 spiro atoms. The number of methoxy groups -OCH3 is 1. The van der Waals surface area contributed by atoms with Crippen LogP contribution in [0, 0.1) is 16.2 Å². The van der Waals surface area contributed by atoms with Gasteiger partial charge >= 0.3 is 47.5 Å². The number of hydrogen-bond donors (Lipinski definition) is 0. The fourth-order valence-corrected chi connectivity index (χ4v) is 1.30. The normalized spacial score (nSPS) is 10.7. The predicted molar refractivity (Wildman–Crippen MR) is 126 cm³/mol. The molecule has 0 heterocycles.